The number of aryl methyl sites for hydroxylation is 1. The molecule has 1 aromatic carbocycles. The van der Waals surface area contributed by atoms with Crippen LogP contribution in [0.2, 0.25) is 0 Å². The molecule has 0 aliphatic carbocycles. The second kappa shape index (κ2) is 6.88. The third-order valence-electron chi connectivity index (χ3n) is 4.45. The molecule has 2 heterocycles. The molecule has 0 radical (unpaired) electrons. The van der Waals surface area contributed by atoms with E-state index in [4.69, 9.17) is 0 Å². The number of piperazine rings is 1. The first-order valence-corrected chi connectivity index (χ1v) is 8.15. The van der Waals surface area contributed by atoms with Crippen LogP contribution < -0.4 is 5.56 Å². The lowest BCUT2D eigenvalue weighted by Crippen LogP contribution is -2.57. The highest BCUT2D eigenvalue weighted by Crippen LogP contribution is 2.16. The van der Waals surface area contributed by atoms with Gasteiger partial charge in [0.05, 0.1) is 6.33 Å². The SMILES string of the molecule is Cc1ccc(CN2CCN(C(=O)c3cnc[nH]c3=O)C(C)C2=O)cc1. The molecule has 2 amide bonds. The predicted octanol–water partition coefficient (Wildman–Crippen LogP) is 0.951. The molecule has 0 bridgehead atoms. The number of hydrogen-bond donors (Lipinski definition) is 1. The van der Waals surface area contributed by atoms with Crippen molar-refractivity contribution in [2.24, 2.45) is 0 Å². The molecule has 7 heteroatoms. The van der Waals surface area contributed by atoms with E-state index in [-0.39, 0.29) is 11.5 Å². The molecular formula is C18H20N4O3. The molecule has 7 nitrogen and oxygen atoms in total. The van der Waals surface area contributed by atoms with Crippen molar-refractivity contribution < 1.29 is 9.59 Å². The Bertz CT molecular complexity index is 844. The van der Waals surface area contributed by atoms with E-state index < -0.39 is 17.5 Å². The van der Waals surface area contributed by atoms with Gasteiger partial charge in [-0.3, -0.25) is 14.4 Å². The Morgan fingerprint density at radius 1 is 1.24 bits per heavy atom. The van der Waals surface area contributed by atoms with Crippen LogP contribution in [0.3, 0.4) is 0 Å². The fraction of sp³-hybridized carbons (Fsp3) is 0.333. The van der Waals surface area contributed by atoms with Gasteiger partial charge in [-0.25, -0.2) is 4.98 Å². The molecule has 0 saturated carbocycles. The molecule has 130 valence electrons. The standard InChI is InChI=1S/C18H20N4O3/c1-12-3-5-14(6-4-12)10-21-7-8-22(13(2)17(21)24)18(25)15-9-19-11-20-16(15)23/h3-6,9,11,13H,7-8,10H2,1-2H3,(H,19,20,23). The van der Waals surface area contributed by atoms with Crippen LogP contribution in [0.25, 0.3) is 0 Å². The van der Waals surface area contributed by atoms with E-state index in [9.17, 15) is 14.4 Å². The van der Waals surface area contributed by atoms with Crippen LogP contribution in [0, 0.1) is 6.92 Å². The Kier molecular flexibility index (Phi) is 4.65. The highest BCUT2D eigenvalue weighted by molar-refractivity contribution is 5.97. The second-order valence-electron chi connectivity index (χ2n) is 6.21. The largest absolute Gasteiger partial charge is 0.335 e. The zero-order valence-electron chi connectivity index (χ0n) is 14.2. The van der Waals surface area contributed by atoms with Crippen LogP contribution in [0.4, 0.5) is 0 Å². The van der Waals surface area contributed by atoms with E-state index in [0.29, 0.717) is 19.6 Å². The summed E-state index contributed by atoms with van der Waals surface area (Å²) in [6.45, 7) is 5.03. The molecule has 1 fully saturated rings. The Labute approximate surface area is 145 Å². The van der Waals surface area contributed by atoms with Crippen molar-refractivity contribution in [3.8, 4) is 0 Å². The first-order chi connectivity index (χ1) is 12.0. The molecule has 0 spiro atoms. The molecule has 1 saturated heterocycles. The van der Waals surface area contributed by atoms with Crippen molar-refractivity contribution in [2.75, 3.05) is 13.1 Å². The van der Waals surface area contributed by atoms with E-state index in [1.165, 1.54) is 23.0 Å². The number of hydrogen-bond acceptors (Lipinski definition) is 4. The number of H-pyrrole nitrogens is 1. The van der Waals surface area contributed by atoms with Gasteiger partial charge < -0.3 is 14.8 Å². The van der Waals surface area contributed by atoms with E-state index in [2.05, 4.69) is 9.97 Å². The number of nitrogens with zero attached hydrogens (tertiary/aromatic N) is 3. The summed E-state index contributed by atoms with van der Waals surface area (Å²) >= 11 is 0. The summed E-state index contributed by atoms with van der Waals surface area (Å²) < 4.78 is 0. The Morgan fingerprint density at radius 2 is 1.96 bits per heavy atom. The van der Waals surface area contributed by atoms with Crippen LogP contribution in [-0.2, 0) is 11.3 Å². The van der Waals surface area contributed by atoms with Crippen LogP contribution in [0.1, 0.15) is 28.4 Å². The van der Waals surface area contributed by atoms with Gasteiger partial charge in [0, 0.05) is 25.8 Å². The van der Waals surface area contributed by atoms with Crippen molar-refractivity contribution in [3.63, 3.8) is 0 Å². The van der Waals surface area contributed by atoms with Crippen molar-refractivity contribution in [1.82, 2.24) is 19.8 Å². The summed E-state index contributed by atoms with van der Waals surface area (Å²) in [6.07, 6.45) is 2.46. The number of benzene rings is 1. The second-order valence-corrected chi connectivity index (χ2v) is 6.21. The van der Waals surface area contributed by atoms with Crippen molar-refractivity contribution in [2.45, 2.75) is 26.4 Å². The number of carbonyl (C=O) groups excluding carboxylic acids is 2. The average molecular weight is 340 g/mol. The summed E-state index contributed by atoms with van der Waals surface area (Å²) in [5.41, 5.74) is 1.67. The lowest BCUT2D eigenvalue weighted by Gasteiger charge is -2.39. The fourth-order valence-electron chi connectivity index (χ4n) is 2.93. The molecule has 25 heavy (non-hydrogen) atoms. The first-order valence-electron chi connectivity index (χ1n) is 8.15. The molecule has 1 aliphatic heterocycles. The fourth-order valence-corrected chi connectivity index (χ4v) is 2.93. The zero-order valence-corrected chi connectivity index (χ0v) is 14.2. The van der Waals surface area contributed by atoms with E-state index >= 15 is 0 Å². The van der Waals surface area contributed by atoms with Crippen LogP contribution >= 0.6 is 0 Å². The van der Waals surface area contributed by atoms with Gasteiger partial charge in [-0.15, -0.1) is 0 Å². The summed E-state index contributed by atoms with van der Waals surface area (Å²) in [6, 6.07) is 7.40. The van der Waals surface area contributed by atoms with Gasteiger partial charge in [0.25, 0.3) is 11.5 Å². The molecule has 3 rings (SSSR count). The smallest absolute Gasteiger partial charge is 0.263 e. The summed E-state index contributed by atoms with van der Waals surface area (Å²) in [7, 11) is 0. The predicted molar refractivity (Wildman–Crippen MR) is 92.0 cm³/mol. The molecule has 1 N–H and O–H groups in total. The topological polar surface area (TPSA) is 86.4 Å². The van der Waals surface area contributed by atoms with Crippen LogP contribution in [0.5, 0.6) is 0 Å². The lowest BCUT2D eigenvalue weighted by atomic mass is 10.1. The Morgan fingerprint density at radius 3 is 2.64 bits per heavy atom. The minimum absolute atomic E-state index is 0.0471. The highest BCUT2D eigenvalue weighted by Gasteiger charge is 2.35. The van der Waals surface area contributed by atoms with Crippen molar-refractivity contribution >= 4 is 11.8 Å². The quantitative estimate of drug-likeness (QED) is 0.901. The van der Waals surface area contributed by atoms with E-state index in [1.807, 2.05) is 31.2 Å². The number of carbonyl (C=O) groups is 2. The van der Waals surface area contributed by atoms with Gasteiger partial charge in [-0.05, 0) is 19.4 Å². The van der Waals surface area contributed by atoms with Gasteiger partial charge in [-0.1, -0.05) is 29.8 Å². The van der Waals surface area contributed by atoms with Crippen LogP contribution in [-0.4, -0.2) is 50.7 Å². The van der Waals surface area contributed by atoms with E-state index in [1.54, 1.807) is 11.8 Å². The lowest BCUT2D eigenvalue weighted by molar-refractivity contribution is -0.140. The van der Waals surface area contributed by atoms with Crippen molar-refractivity contribution in [1.29, 1.82) is 0 Å². The molecule has 1 atom stereocenters. The normalized spacial score (nSPS) is 17.7. The first kappa shape index (κ1) is 16.9. The number of aromatic nitrogens is 2. The number of rotatable bonds is 3. The highest BCUT2D eigenvalue weighted by atomic mass is 16.2. The monoisotopic (exact) mass is 340 g/mol. The average Bonchev–Trinajstić information content (AvgIpc) is 2.61. The number of nitrogens with one attached hydrogen (secondary N) is 1. The van der Waals surface area contributed by atoms with Crippen molar-refractivity contribution in [3.05, 3.63) is 63.8 Å². The van der Waals surface area contributed by atoms with E-state index in [0.717, 1.165) is 5.56 Å². The molecule has 1 aromatic heterocycles. The molecule has 1 aliphatic rings. The maximum Gasteiger partial charge on any atom is 0.263 e. The molecule has 2 aromatic rings. The maximum atomic E-state index is 12.7. The van der Waals surface area contributed by atoms with Gasteiger partial charge in [0.1, 0.15) is 11.6 Å². The molecular weight excluding hydrogens is 320 g/mol. The summed E-state index contributed by atoms with van der Waals surface area (Å²) in [5.74, 6) is -0.592. The number of aromatic amines is 1. The third-order valence-corrected chi connectivity index (χ3v) is 4.45. The van der Waals surface area contributed by atoms with Gasteiger partial charge in [0.15, 0.2) is 0 Å². The Hall–Kier alpha value is -2.96. The van der Waals surface area contributed by atoms with Gasteiger partial charge in [-0.2, -0.15) is 0 Å². The molecule has 1 unspecified atom stereocenters. The minimum atomic E-state index is -0.619. The summed E-state index contributed by atoms with van der Waals surface area (Å²) in [5, 5.41) is 0. The van der Waals surface area contributed by atoms with Gasteiger partial charge >= 0.3 is 0 Å². The Balaban J connectivity index is 1.73. The summed E-state index contributed by atoms with van der Waals surface area (Å²) in [4.78, 5) is 46.4. The maximum absolute atomic E-state index is 12.7. The van der Waals surface area contributed by atoms with Gasteiger partial charge in [0.2, 0.25) is 5.91 Å². The number of amides is 2. The zero-order chi connectivity index (χ0) is 18.0. The minimum Gasteiger partial charge on any atom is -0.335 e. The van der Waals surface area contributed by atoms with Crippen LogP contribution in [0.15, 0.2) is 41.6 Å². The third kappa shape index (κ3) is 3.45.